The van der Waals surface area contributed by atoms with Gasteiger partial charge in [0.15, 0.2) is 11.1 Å². The molecule has 0 radical (unpaired) electrons. The number of halogens is 1. The fraction of sp³-hybridized carbons (Fsp3) is 0.286. The number of imidazole rings is 1. The summed E-state index contributed by atoms with van der Waals surface area (Å²) in [6.07, 6.45) is 4.24. The van der Waals surface area contributed by atoms with Crippen molar-refractivity contribution in [3.8, 4) is 16.5 Å². The number of amides is 1. The number of hydrogen-bond donors (Lipinski definition) is 3. The van der Waals surface area contributed by atoms with Crippen molar-refractivity contribution < 1.29 is 14.3 Å². The Balaban J connectivity index is 1.47. The van der Waals surface area contributed by atoms with Gasteiger partial charge in [-0.1, -0.05) is 0 Å². The molecule has 1 saturated carbocycles. The van der Waals surface area contributed by atoms with E-state index in [0.717, 1.165) is 17.7 Å². The van der Waals surface area contributed by atoms with Crippen LogP contribution < -0.4 is 16.4 Å². The van der Waals surface area contributed by atoms with Gasteiger partial charge in [0.05, 0.1) is 40.8 Å². The van der Waals surface area contributed by atoms with Crippen molar-refractivity contribution in [1.82, 2.24) is 29.5 Å². The highest BCUT2D eigenvalue weighted by Gasteiger charge is 2.31. The Labute approximate surface area is 188 Å². The molecule has 10 nitrogen and oxygen atoms in total. The molecule has 2 fully saturated rings. The molecule has 4 aromatic heterocycles. The van der Waals surface area contributed by atoms with E-state index in [1.807, 2.05) is 12.1 Å². The lowest BCUT2D eigenvalue weighted by Gasteiger charge is -2.33. The van der Waals surface area contributed by atoms with E-state index in [1.54, 1.807) is 22.9 Å². The normalized spacial score (nSPS) is 17.8. The Morgan fingerprint density at radius 2 is 2.12 bits per heavy atom. The van der Waals surface area contributed by atoms with Gasteiger partial charge in [-0.2, -0.15) is 9.61 Å². The third-order valence-corrected chi connectivity index (χ3v) is 6.67. The van der Waals surface area contributed by atoms with E-state index in [2.05, 4.69) is 15.1 Å². The number of aromatic nitrogens is 5. The second-order valence-electron chi connectivity index (χ2n) is 8.15. The van der Waals surface area contributed by atoms with Crippen LogP contribution in [0.1, 0.15) is 28.2 Å². The summed E-state index contributed by atoms with van der Waals surface area (Å²) in [4.78, 5) is 41.1. The van der Waals surface area contributed by atoms with Crippen LogP contribution in [0.3, 0.4) is 0 Å². The molecule has 6 rings (SSSR count). The first-order chi connectivity index (χ1) is 15.9. The number of likely N-dealkylation sites (tertiary alicyclic amines) is 1. The number of aromatic hydroxyl groups is 1. The van der Waals surface area contributed by atoms with Gasteiger partial charge in [-0.25, -0.2) is 14.2 Å². The van der Waals surface area contributed by atoms with Gasteiger partial charge >= 0.3 is 5.69 Å². The number of carbonyl (C=O) groups is 1. The summed E-state index contributed by atoms with van der Waals surface area (Å²) in [5.41, 5.74) is 1.45. The van der Waals surface area contributed by atoms with E-state index < -0.39 is 11.9 Å². The van der Waals surface area contributed by atoms with Crippen LogP contribution in [0.25, 0.3) is 22.3 Å². The van der Waals surface area contributed by atoms with Gasteiger partial charge in [-0.15, -0.1) is 11.3 Å². The highest BCUT2D eigenvalue weighted by Crippen LogP contribution is 2.29. The quantitative estimate of drug-likeness (QED) is 0.404. The van der Waals surface area contributed by atoms with Crippen LogP contribution in [0.2, 0.25) is 0 Å². The molecule has 1 aliphatic heterocycles. The Morgan fingerprint density at radius 3 is 2.82 bits per heavy atom. The molecule has 1 aliphatic carbocycles. The second kappa shape index (κ2) is 7.37. The van der Waals surface area contributed by atoms with Crippen molar-refractivity contribution >= 4 is 29.0 Å². The van der Waals surface area contributed by atoms with Crippen molar-refractivity contribution in [2.24, 2.45) is 4.99 Å². The molecule has 4 aromatic rings. The lowest BCUT2D eigenvalue weighted by atomic mass is 10.2. The zero-order chi connectivity index (χ0) is 22.7. The third kappa shape index (κ3) is 3.61. The molecule has 3 N–H and O–H groups in total. The van der Waals surface area contributed by atoms with Gasteiger partial charge < -0.3 is 15.0 Å². The van der Waals surface area contributed by atoms with Gasteiger partial charge in [-0.05, 0) is 31.1 Å². The first-order valence-electron chi connectivity index (χ1n) is 10.4. The topological polar surface area (TPSA) is 132 Å². The number of rotatable bonds is 4. The largest absolute Gasteiger partial charge is 0.493 e. The molecule has 168 valence electrons. The highest BCUT2D eigenvalue weighted by molar-refractivity contribution is 7.17. The number of nitrogens with one attached hydrogen (secondary N) is 2. The van der Waals surface area contributed by atoms with E-state index in [-0.39, 0.29) is 36.6 Å². The number of H-pyrrole nitrogens is 2. The Morgan fingerprint density at radius 1 is 1.30 bits per heavy atom. The second-order valence-corrected chi connectivity index (χ2v) is 9.24. The number of aromatic amines is 2. The number of carbonyl (C=O) groups excluding carboxylic acids is 1. The van der Waals surface area contributed by atoms with Crippen molar-refractivity contribution in [3.05, 3.63) is 56.2 Å². The summed E-state index contributed by atoms with van der Waals surface area (Å²) in [7, 11) is 0. The number of alkyl halides is 1. The van der Waals surface area contributed by atoms with Gasteiger partial charge in [0, 0.05) is 11.3 Å². The molecule has 12 heteroatoms. The summed E-state index contributed by atoms with van der Waals surface area (Å²) in [5.74, 6) is -0.462. The zero-order valence-corrected chi connectivity index (χ0v) is 18.0. The maximum absolute atomic E-state index is 13.1. The van der Waals surface area contributed by atoms with Gasteiger partial charge in [0.1, 0.15) is 11.9 Å². The van der Waals surface area contributed by atoms with Gasteiger partial charge in [0.25, 0.3) is 5.91 Å². The maximum atomic E-state index is 13.1. The van der Waals surface area contributed by atoms with E-state index in [1.165, 1.54) is 16.2 Å². The molecule has 0 spiro atoms. The minimum atomic E-state index is -0.949. The highest BCUT2D eigenvalue weighted by atomic mass is 32.1. The molecule has 2 aliphatic rings. The van der Waals surface area contributed by atoms with Crippen LogP contribution in [-0.4, -0.2) is 65.8 Å². The van der Waals surface area contributed by atoms with Crippen LogP contribution in [0.4, 0.5) is 4.39 Å². The molecule has 0 aromatic carbocycles. The van der Waals surface area contributed by atoms with Crippen molar-refractivity contribution in [2.45, 2.75) is 25.1 Å². The van der Waals surface area contributed by atoms with Crippen LogP contribution in [0, 0.1) is 0 Å². The molecule has 1 amide bonds. The fourth-order valence-corrected chi connectivity index (χ4v) is 4.59. The zero-order valence-electron chi connectivity index (χ0n) is 17.2. The van der Waals surface area contributed by atoms with Crippen LogP contribution in [-0.2, 0) is 0 Å². The van der Waals surface area contributed by atoms with E-state index in [4.69, 9.17) is 9.98 Å². The van der Waals surface area contributed by atoms with Crippen LogP contribution in [0.15, 0.2) is 34.2 Å². The lowest BCUT2D eigenvalue weighted by Crippen LogP contribution is -2.51. The molecule has 5 heterocycles. The lowest BCUT2D eigenvalue weighted by molar-refractivity contribution is 0.0405. The predicted octanol–water partition coefficient (Wildman–Crippen LogP) is 0.585. The summed E-state index contributed by atoms with van der Waals surface area (Å²) >= 11 is 1.29. The minimum Gasteiger partial charge on any atom is -0.493 e. The van der Waals surface area contributed by atoms with Crippen molar-refractivity contribution in [3.63, 3.8) is 0 Å². The molecule has 0 atom stereocenters. The molecular weight excluding hydrogens is 449 g/mol. The van der Waals surface area contributed by atoms with Gasteiger partial charge in [0.2, 0.25) is 5.88 Å². The van der Waals surface area contributed by atoms with E-state index >= 15 is 0 Å². The first kappa shape index (κ1) is 19.9. The molecule has 0 unspecified atom stereocenters. The summed E-state index contributed by atoms with van der Waals surface area (Å²) in [6, 6.07) is 5.62. The minimum absolute atomic E-state index is 0.129. The number of thiophene rings is 1. The van der Waals surface area contributed by atoms with E-state index in [9.17, 15) is 19.1 Å². The van der Waals surface area contributed by atoms with Crippen molar-refractivity contribution in [2.75, 3.05) is 13.1 Å². The maximum Gasteiger partial charge on any atom is 0.326 e. The average molecular weight is 467 g/mol. The standard InChI is InChI=1S/C21H18FN7O3S/c22-11-8-28(9-11)20(31)16-4-3-15(33-16)13-6-17(24-12-1-2-12)29-18(25-13)10(7-23-29)5-14-19(30)27-21(32)26-14/h3-7,11-12,30H,1-2,8-9H2,(H2,26,27,32)/b10-5-,24-17?. The number of hydrogen-bond acceptors (Lipinski definition) is 7. The molecule has 0 bridgehead atoms. The van der Waals surface area contributed by atoms with E-state index in [0.29, 0.717) is 26.9 Å². The van der Waals surface area contributed by atoms with Gasteiger partial charge in [-0.3, -0.25) is 14.8 Å². The SMILES string of the molecule is O=C(c1ccc(-c2cc(=NC3CC3)n3nc/c(=C/c4[nH]c(=O)[nH]c4O)c3n2)s1)N1CC(F)C1. The molecule has 1 saturated heterocycles. The average Bonchev–Trinajstić information content (AvgIpc) is 3.16. The summed E-state index contributed by atoms with van der Waals surface area (Å²) in [6.45, 7) is 0.258. The Bertz CT molecular complexity index is 1570. The summed E-state index contributed by atoms with van der Waals surface area (Å²) < 4.78 is 14.8. The fourth-order valence-electron chi connectivity index (χ4n) is 3.66. The Hall–Kier alpha value is -3.80. The Kier molecular flexibility index (Phi) is 4.43. The predicted molar refractivity (Wildman–Crippen MR) is 118 cm³/mol. The number of fused-ring (bicyclic) bond motifs is 1. The van der Waals surface area contributed by atoms with Crippen molar-refractivity contribution in [1.29, 1.82) is 0 Å². The smallest absolute Gasteiger partial charge is 0.326 e. The first-order valence-corrected chi connectivity index (χ1v) is 11.3. The number of nitrogens with zero attached hydrogens (tertiary/aromatic N) is 5. The molecular formula is C21H18FN7O3S. The van der Waals surface area contributed by atoms with Crippen LogP contribution >= 0.6 is 11.3 Å². The third-order valence-electron chi connectivity index (χ3n) is 5.57. The summed E-state index contributed by atoms with van der Waals surface area (Å²) in [5, 5.41) is 14.9. The van der Waals surface area contributed by atoms with Crippen LogP contribution in [0.5, 0.6) is 5.88 Å². The molecule has 33 heavy (non-hydrogen) atoms. The monoisotopic (exact) mass is 467 g/mol.